The van der Waals surface area contributed by atoms with Crippen LogP contribution in [0.1, 0.15) is 5.56 Å². The summed E-state index contributed by atoms with van der Waals surface area (Å²) >= 11 is 3.91. The Kier molecular flexibility index (Phi) is 5.03. The molecule has 82 valence electrons. The van der Waals surface area contributed by atoms with Gasteiger partial charge in [0.05, 0.1) is 0 Å². The van der Waals surface area contributed by atoms with Gasteiger partial charge >= 0.3 is 0 Å². The molecule has 0 radical (unpaired) electrons. The number of hydrogen-bond acceptors (Lipinski definition) is 2. The van der Waals surface area contributed by atoms with Crippen molar-refractivity contribution >= 4 is 36.3 Å². The fraction of sp³-hybridized carbons (Fsp3) is 0.333. The fourth-order valence-corrected chi connectivity index (χ4v) is 7.49. The summed E-state index contributed by atoms with van der Waals surface area (Å²) in [6, 6.07) is 10.5. The van der Waals surface area contributed by atoms with Gasteiger partial charge < -0.3 is 0 Å². The molecule has 0 amide bonds. The molecule has 1 aromatic rings. The molecule has 0 N–H and O–H groups in total. The van der Waals surface area contributed by atoms with Crippen LogP contribution in [0.3, 0.4) is 0 Å². The summed E-state index contributed by atoms with van der Waals surface area (Å²) in [6.07, 6.45) is 4.44. The summed E-state index contributed by atoms with van der Waals surface area (Å²) in [7, 11) is -1.07. The van der Waals surface area contributed by atoms with E-state index < -0.39 is 7.22 Å². The minimum Gasteiger partial charge on any atom is -0.145 e. The molecular weight excluding hydrogens is 236 g/mol. The second-order valence-electron chi connectivity index (χ2n) is 4.29. The zero-order chi connectivity index (χ0) is 11.3. The number of hydrogen-bond donors (Lipinski definition) is 0. The van der Waals surface area contributed by atoms with E-state index in [1.54, 1.807) is 0 Å². The van der Waals surface area contributed by atoms with Crippen molar-refractivity contribution in [3.63, 3.8) is 0 Å². The molecule has 0 nitrogen and oxygen atoms in total. The van der Waals surface area contributed by atoms with Crippen LogP contribution in [-0.2, 0) is 0 Å². The molecule has 0 saturated heterocycles. The molecule has 0 spiro atoms. The molecule has 15 heavy (non-hydrogen) atoms. The minimum absolute atomic E-state index is 1.07. The lowest BCUT2D eigenvalue weighted by Crippen LogP contribution is -2.13. The van der Waals surface area contributed by atoms with Crippen LogP contribution in [0.25, 0.3) is 6.08 Å². The predicted octanol–water partition coefficient (Wildman–Crippen LogP) is 4.92. The molecule has 0 aliphatic rings. The predicted molar refractivity (Wildman–Crippen MR) is 78.9 cm³/mol. The van der Waals surface area contributed by atoms with Gasteiger partial charge in [-0.05, 0) is 17.9 Å². The van der Waals surface area contributed by atoms with Gasteiger partial charge in [-0.15, -0.1) is 23.0 Å². The number of thioether (sulfide) groups is 1. The molecule has 0 aliphatic heterocycles. The molecule has 0 fully saturated rings. The molecule has 0 saturated carbocycles. The summed E-state index contributed by atoms with van der Waals surface area (Å²) in [5, 5.41) is 0. The van der Waals surface area contributed by atoms with Gasteiger partial charge in [-0.25, -0.2) is 0 Å². The second-order valence-corrected chi connectivity index (χ2v) is 14.6. The SMILES string of the molecule is CS/C(=C\c1ccccc1)S[Si](C)(C)C. The standard InChI is InChI=1S/C12H18S2Si/c1-13-12(14-15(2,3)4)10-11-8-6-5-7-9-11/h5-10H,1-4H3/b12-10+. The van der Waals surface area contributed by atoms with Crippen LogP contribution in [0, 0.1) is 0 Å². The second kappa shape index (κ2) is 5.82. The van der Waals surface area contributed by atoms with E-state index in [1.807, 2.05) is 11.8 Å². The van der Waals surface area contributed by atoms with Crippen LogP contribution in [0.2, 0.25) is 19.6 Å². The zero-order valence-electron chi connectivity index (χ0n) is 9.78. The molecule has 0 aromatic heterocycles. The van der Waals surface area contributed by atoms with Crippen LogP contribution >= 0.6 is 23.0 Å². The third kappa shape index (κ3) is 5.49. The van der Waals surface area contributed by atoms with Crippen LogP contribution in [0.4, 0.5) is 0 Å². The van der Waals surface area contributed by atoms with Crippen molar-refractivity contribution in [1.29, 1.82) is 0 Å². The Hall–Kier alpha value is -0.123. The third-order valence-corrected chi connectivity index (χ3v) is 6.83. The Bertz CT molecular complexity index is 325. The number of benzene rings is 1. The highest BCUT2D eigenvalue weighted by Crippen LogP contribution is 2.35. The van der Waals surface area contributed by atoms with Gasteiger partial charge in [0.25, 0.3) is 0 Å². The van der Waals surface area contributed by atoms with Crippen LogP contribution in [-0.4, -0.2) is 13.5 Å². The van der Waals surface area contributed by atoms with Gasteiger partial charge in [0.15, 0.2) is 0 Å². The summed E-state index contributed by atoms with van der Waals surface area (Å²) in [5.41, 5.74) is 1.30. The fourth-order valence-electron chi connectivity index (χ4n) is 1.12. The Morgan fingerprint density at radius 3 is 2.20 bits per heavy atom. The zero-order valence-corrected chi connectivity index (χ0v) is 12.4. The van der Waals surface area contributed by atoms with Crippen molar-refractivity contribution in [3.05, 3.63) is 40.1 Å². The largest absolute Gasteiger partial charge is 0.145 e. The van der Waals surface area contributed by atoms with E-state index in [1.165, 1.54) is 9.80 Å². The maximum absolute atomic E-state index is 2.38. The molecule has 1 rings (SSSR count). The summed E-state index contributed by atoms with van der Waals surface area (Å²) in [4.78, 5) is 0. The first kappa shape index (κ1) is 12.9. The lowest BCUT2D eigenvalue weighted by atomic mass is 10.2. The number of rotatable bonds is 4. The Labute approximate surface area is 102 Å². The third-order valence-electron chi connectivity index (χ3n) is 1.69. The monoisotopic (exact) mass is 254 g/mol. The van der Waals surface area contributed by atoms with Crippen molar-refractivity contribution in [1.82, 2.24) is 0 Å². The quantitative estimate of drug-likeness (QED) is 0.700. The van der Waals surface area contributed by atoms with E-state index in [9.17, 15) is 0 Å². The smallest absolute Gasteiger partial charge is 0.115 e. The average molecular weight is 254 g/mol. The molecular formula is C12H18S2Si. The topological polar surface area (TPSA) is 0 Å². The molecule has 0 aliphatic carbocycles. The Morgan fingerprint density at radius 1 is 1.13 bits per heavy atom. The highest BCUT2D eigenvalue weighted by molar-refractivity contribution is 8.39. The Balaban J connectivity index is 2.79. The Morgan fingerprint density at radius 2 is 1.73 bits per heavy atom. The van der Waals surface area contributed by atoms with Gasteiger partial charge in [0.1, 0.15) is 7.22 Å². The first-order valence-electron chi connectivity index (χ1n) is 5.01. The molecule has 3 heteroatoms. The van der Waals surface area contributed by atoms with E-state index in [2.05, 4.69) is 73.5 Å². The average Bonchev–Trinajstić information content (AvgIpc) is 2.16. The van der Waals surface area contributed by atoms with E-state index in [0.717, 1.165) is 0 Å². The summed E-state index contributed by atoms with van der Waals surface area (Å²) in [5.74, 6) is 0. The van der Waals surface area contributed by atoms with Gasteiger partial charge in [-0.3, -0.25) is 0 Å². The maximum Gasteiger partial charge on any atom is 0.115 e. The van der Waals surface area contributed by atoms with E-state index in [-0.39, 0.29) is 0 Å². The molecule has 0 unspecified atom stereocenters. The van der Waals surface area contributed by atoms with Crippen molar-refractivity contribution in [2.24, 2.45) is 0 Å². The van der Waals surface area contributed by atoms with Gasteiger partial charge in [-0.2, -0.15) is 0 Å². The molecule has 0 bridgehead atoms. The van der Waals surface area contributed by atoms with Gasteiger partial charge in [0.2, 0.25) is 0 Å². The van der Waals surface area contributed by atoms with E-state index in [0.29, 0.717) is 0 Å². The maximum atomic E-state index is 2.38. The van der Waals surface area contributed by atoms with Crippen LogP contribution in [0.15, 0.2) is 34.6 Å². The lowest BCUT2D eigenvalue weighted by Gasteiger charge is -2.16. The first-order valence-corrected chi connectivity index (χ1v) is 11.3. The van der Waals surface area contributed by atoms with Crippen LogP contribution < -0.4 is 0 Å². The van der Waals surface area contributed by atoms with Crippen molar-refractivity contribution < 1.29 is 0 Å². The van der Waals surface area contributed by atoms with Crippen molar-refractivity contribution in [2.75, 3.05) is 6.26 Å². The highest BCUT2D eigenvalue weighted by atomic mass is 32.4. The summed E-state index contributed by atoms with van der Waals surface area (Å²) < 4.78 is 1.43. The van der Waals surface area contributed by atoms with E-state index >= 15 is 0 Å². The minimum atomic E-state index is -1.07. The molecule has 0 heterocycles. The normalized spacial score (nSPS) is 12.9. The van der Waals surface area contributed by atoms with E-state index in [4.69, 9.17) is 0 Å². The lowest BCUT2D eigenvalue weighted by molar-refractivity contribution is 1.66. The molecule has 1 aromatic carbocycles. The first-order chi connectivity index (χ1) is 7.01. The summed E-state index contributed by atoms with van der Waals surface area (Å²) in [6.45, 7) is 7.14. The van der Waals surface area contributed by atoms with Gasteiger partial charge in [-0.1, -0.05) is 50.0 Å². The van der Waals surface area contributed by atoms with Crippen LogP contribution in [0.5, 0.6) is 0 Å². The molecule has 0 atom stereocenters. The van der Waals surface area contributed by atoms with Crippen molar-refractivity contribution in [2.45, 2.75) is 19.6 Å². The highest BCUT2D eigenvalue weighted by Gasteiger charge is 2.15. The van der Waals surface area contributed by atoms with Gasteiger partial charge in [0, 0.05) is 4.24 Å². The van der Waals surface area contributed by atoms with Crippen molar-refractivity contribution in [3.8, 4) is 0 Å².